The lowest BCUT2D eigenvalue weighted by Gasteiger charge is -2.19. The van der Waals surface area contributed by atoms with Gasteiger partial charge in [0.2, 0.25) is 11.9 Å². The molecule has 0 N–H and O–H groups in total. The van der Waals surface area contributed by atoms with Crippen LogP contribution in [0, 0.1) is 24.1 Å². The molecule has 0 saturated heterocycles. The first kappa shape index (κ1) is 27.3. The van der Waals surface area contributed by atoms with Crippen molar-refractivity contribution in [2.75, 3.05) is 0 Å². The molecule has 3 heterocycles. The molecule has 0 fully saturated rings. The van der Waals surface area contributed by atoms with Gasteiger partial charge in [-0.3, -0.25) is 0 Å². The maximum absolute atomic E-state index is 15.1. The first-order valence-corrected chi connectivity index (χ1v) is 17.8. The second-order valence-corrected chi connectivity index (χ2v) is 17.8. The molecule has 0 radical (unpaired) electrons. The van der Waals surface area contributed by atoms with Gasteiger partial charge in [0.1, 0.15) is 26.3 Å². The molecular weight excluding hydrogens is 548 g/mol. The number of pyridine rings is 1. The average Bonchev–Trinajstić information content (AvgIpc) is 3.44. The van der Waals surface area contributed by atoms with Crippen molar-refractivity contribution in [2.24, 2.45) is 7.05 Å². The Kier molecular flexibility index (Phi) is 5.86. The van der Waals surface area contributed by atoms with Crippen molar-refractivity contribution in [3.05, 3.63) is 102 Å². The smallest absolute Gasteiger partial charge is 0.216 e. The number of aryl methyl sites for hydroxylation is 2. The highest BCUT2D eigenvalue weighted by Crippen LogP contribution is 2.43. The molecule has 0 unspecified atom stereocenters. The van der Waals surface area contributed by atoms with Crippen molar-refractivity contribution >= 4 is 40.4 Å². The summed E-state index contributed by atoms with van der Waals surface area (Å²) < 4.78 is 23.8. The van der Waals surface area contributed by atoms with Gasteiger partial charge in [-0.05, 0) is 57.1 Å². The summed E-state index contributed by atoms with van der Waals surface area (Å²) in [5.74, 6) is -0.223. The summed E-state index contributed by atoms with van der Waals surface area (Å²) in [5, 5.41) is 15.1. The number of nitrogens with zero attached hydrogens (tertiary/aromatic N) is 2. The van der Waals surface area contributed by atoms with E-state index in [4.69, 9.17) is 4.42 Å². The zero-order valence-corrected chi connectivity index (χ0v) is 26.7. The van der Waals surface area contributed by atoms with E-state index >= 15 is 4.39 Å². The predicted molar refractivity (Wildman–Crippen MR) is 176 cm³/mol. The van der Waals surface area contributed by atoms with E-state index in [9.17, 15) is 5.26 Å². The Balaban J connectivity index is 1.51. The van der Waals surface area contributed by atoms with Gasteiger partial charge in [0.25, 0.3) is 0 Å². The monoisotopic (exact) mass is 581 g/mol. The third-order valence-electron chi connectivity index (χ3n) is 9.30. The van der Waals surface area contributed by atoms with E-state index in [1.807, 2.05) is 50.6 Å². The van der Waals surface area contributed by atoms with E-state index in [1.165, 1.54) is 21.5 Å². The summed E-state index contributed by atoms with van der Waals surface area (Å²) in [6.07, 6.45) is 1.56. The van der Waals surface area contributed by atoms with Crippen LogP contribution in [0.1, 0.15) is 37.5 Å². The Bertz CT molecular complexity index is 2190. The van der Waals surface area contributed by atoms with Crippen molar-refractivity contribution in [1.29, 1.82) is 5.26 Å². The lowest BCUT2D eigenvalue weighted by molar-refractivity contribution is -0.662. The van der Waals surface area contributed by atoms with Gasteiger partial charge in [-0.1, -0.05) is 88.5 Å². The molecule has 212 valence electrons. The minimum absolute atomic E-state index is 0.223. The van der Waals surface area contributed by atoms with E-state index in [1.54, 1.807) is 6.20 Å². The van der Waals surface area contributed by atoms with Crippen molar-refractivity contribution in [1.82, 2.24) is 0 Å². The highest BCUT2D eigenvalue weighted by molar-refractivity contribution is 7.03. The molecule has 0 atom stereocenters. The van der Waals surface area contributed by atoms with Crippen molar-refractivity contribution in [3.8, 4) is 39.6 Å². The summed E-state index contributed by atoms with van der Waals surface area (Å²) >= 11 is 0. The normalized spacial score (nSPS) is 13.7. The summed E-state index contributed by atoms with van der Waals surface area (Å²) in [6, 6.07) is 27.9. The number of rotatable bonds is 2. The molecule has 3 nitrogen and oxygen atoms in total. The van der Waals surface area contributed by atoms with Gasteiger partial charge in [0.05, 0.1) is 17.2 Å². The van der Waals surface area contributed by atoms with Crippen LogP contribution in [0.5, 0.6) is 0 Å². The molecule has 0 aliphatic carbocycles. The number of hydrogen-bond donors (Lipinski definition) is 0. The van der Waals surface area contributed by atoms with E-state index in [0.29, 0.717) is 16.7 Å². The van der Waals surface area contributed by atoms with E-state index in [-0.39, 0.29) is 11.2 Å². The van der Waals surface area contributed by atoms with Crippen LogP contribution in [0.2, 0.25) is 13.1 Å². The first-order chi connectivity index (χ1) is 20.4. The topological polar surface area (TPSA) is 40.8 Å². The largest absolute Gasteiger partial charge is 0.454 e. The SMILES string of the molecule is Cc1ccc2c(oc3c(-c4ccc5c(c4)[Si](C)(C)c4ccccc4-5)c(C#N)ccc32)c1-c1cc(C(C)(C)C)c(F)c[n+]1C. The third-order valence-corrected chi connectivity index (χ3v) is 12.8. The molecule has 1 aliphatic heterocycles. The molecule has 4 aromatic carbocycles. The lowest BCUT2D eigenvalue weighted by Crippen LogP contribution is -2.49. The molecule has 43 heavy (non-hydrogen) atoms. The molecule has 6 aromatic rings. The number of benzene rings is 4. The fraction of sp³-hybridized carbons (Fsp3) is 0.211. The Hall–Kier alpha value is -4.53. The highest BCUT2D eigenvalue weighted by Gasteiger charge is 2.37. The van der Waals surface area contributed by atoms with Crippen LogP contribution in [0.3, 0.4) is 0 Å². The molecule has 0 spiro atoms. The van der Waals surface area contributed by atoms with Gasteiger partial charge < -0.3 is 4.42 Å². The molecule has 0 bridgehead atoms. The molecule has 0 amide bonds. The number of nitriles is 1. The molecular formula is C38H34FN2OSi+. The lowest BCUT2D eigenvalue weighted by atomic mass is 9.86. The maximum atomic E-state index is 15.1. The average molecular weight is 582 g/mol. The van der Waals surface area contributed by atoms with Crippen molar-refractivity contribution in [2.45, 2.75) is 46.2 Å². The van der Waals surface area contributed by atoms with Crippen LogP contribution < -0.4 is 14.9 Å². The second kappa shape index (κ2) is 9.23. The Morgan fingerprint density at radius 3 is 2.23 bits per heavy atom. The fourth-order valence-electron chi connectivity index (χ4n) is 7.00. The minimum Gasteiger partial charge on any atom is -0.454 e. The number of halogens is 1. The van der Waals surface area contributed by atoms with Crippen molar-refractivity contribution in [3.63, 3.8) is 0 Å². The van der Waals surface area contributed by atoms with Gasteiger partial charge in [0.15, 0.2) is 5.82 Å². The Morgan fingerprint density at radius 1 is 0.837 bits per heavy atom. The Morgan fingerprint density at radius 2 is 1.51 bits per heavy atom. The third kappa shape index (κ3) is 3.93. The van der Waals surface area contributed by atoms with E-state index < -0.39 is 8.07 Å². The van der Waals surface area contributed by atoms with Crippen LogP contribution in [-0.4, -0.2) is 8.07 Å². The molecule has 0 saturated carbocycles. The number of hydrogen-bond acceptors (Lipinski definition) is 2. The molecule has 2 aromatic heterocycles. The molecule has 1 aliphatic rings. The summed E-state index contributed by atoms with van der Waals surface area (Å²) in [4.78, 5) is 0. The van der Waals surface area contributed by atoms with Crippen LogP contribution in [0.15, 0.2) is 83.4 Å². The van der Waals surface area contributed by atoms with Gasteiger partial charge in [-0.25, -0.2) is 4.39 Å². The number of aromatic nitrogens is 1. The van der Waals surface area contributed by atoms with Crippen LogP contribution in [0.25, 0.3) is 55.4 Å². The maximum Gasteiger partial charge on any atom is 0.216 e. The summed E-state index contributed by atoms with van der Waals surface area (Å²) in [6.45, 7) is 12.9. The minimum atomic E-state index is -1.91. The number of fused-ring (bicyclic) bond motifs is 6. The van der Waals surface area contributed by atoms with E-state index in [2.05, 4.69) is 80.7 Å². The molecule has 7 rings (SSSR count). The van der Waals surface area contributed by atoms with Gasteiger partial charge in [-0.2, -0.15) is 9.83 Å². The number of furan rings is 1. The zero-order chi connectivity index (χ0) is 30.4. The van der Waals surface area contributed by atoms with Gasteiger partial charge >= 0.3 is 0 Å². The fourth-order valence-corrected chi connectivity index (χ4v) is 10.1. The van der Waals surface area contributed by atoms with Crippen LogP contribution in [-0.2, 0) is 12.5 Å². The molecule has 5 heteroatoms. The Labute approximate surface area is 252 Å². The summed E-state index contributed by atoms with van der Waals surface area (Å²) in [7, 11) is -0.0378. The standard InChI is InChI=1S/C38H34FN2OSi/c1-22-12-15-27-28-17-14-24(20-40)35(23-13-16-26-25-10-8-9-11-32(25)43(6,7)33(26)18-23)37(28)42-36(27)34(22)31-19-29(38(2,3)4)30(39)21-41(31)5/h8-19,21H,1-7H3/q+1. The van der Waals surface area contributed by atoms with Crippen LogP contribution >= 0.6 is 0 Å². The van der Waals surface area contributed by atoms with Crippen LogP contribution in [0.4, 0.5) is 4.39 Å². The zero-order valence-electron chi connectivity index (χ0n) is 25.7. The van der Waals surface area contributed by atoms with E-state index in [0.717, 1.165) is 44.3 Å². The predicted octanol–water partition coefficient (Wildman–Crippen LogP) is 8.16. The second-order valence-electron chi connectivity index (χ2n) is 13.4. The van der Waals surface area contributed by atoms with Gasteiger partial charge in [-0.15, -0.1) is 0 Å². The summed E-state index contributed by atoms with van der Waals surface area (Å²) in [5.41, 5.74) is 9.63. The highest BCUT2D eigenvalue weighted by atomic mass is 28.3. The van der Waals surface area contributed by atoms with Crippen molar-refractivity contribution < 1.29 is 13.4 Å². The quantitative estimate of drug-likeness (QED) is 0.153. The van der Waals surface area contributed by atoms with Gasteiger partial charge in [0, 0.05) is 28.0 Å². The first-order valence-electron chi connectivity index (χ1n) is 14.8.